The van der Waals surface area contributed by atoms with Crippen LogP contribution in [0.25, 0.3) is 0 Å². The molecule has 0 bridgehead atoms. The van der Waals surface area contributed by atoms with Crippen molar-refractivity contribution >= 4 is 75.6 Å². The van der Waals surface area contributed by atoms with E-state index < -0.39 is 14.3 Å². The highest BCUT2D eigenvalue weighted by molar-refractivity contribution is 7.85. The first kappa shape index (κ1) is 32.1. The van der Waals surface area contributed by atoms with Crippen LogP contribution in [0, 0.1) is 0 Å². The maximum Gasteiger partial charge on any atom is 0.171 e. The van der Waals surface area contributed by atoms with Gasteiger partial charge in [0, 0.05) is 44.5 Å². The van der Waals surface area contributed by atoms with Crippen molar-refractivity contribution in [2.24, 2.45) is 15.0 Å². The van der Waals surface area contributed by atoms with Gasteiger partial charge in [-0.25, -0.2) is 0 Å². The lowest BCUT2D eigenvalue weighted by Gasteiger charge is -2.20. The van der Waals surface area contributed by atoms with E-state index in [-0.39, 0.29) is 0 Å². The maximum atomic E-state index is 14.6. The summed E-state index contributed by atoms with van der Waals surface area (Å²) in [5, 5.41) is 4.72. The second-order valence-corrected chi connectivity index (χ2v) is 17.1. The largest absolute Gasteiger partial charge is 0.309 e. The highest BCUT2D eigenvalue weighted by Gasteiger charge is 2.30. The van der Waals surface area contributed by atoms with Crippen LogP contribution in [0.3, 0.4) is 0 Å². The molecule has 0 aromatic heterocycles. The lowest BCUT2D eigenvalue weighted by Crippen LogP contribution is -2.24. The normalized spacial score (nSPS) is 13.5. The zero-order chi connectivity index (χ0) is 33.5. The molecule has 0 saturated heterocycles. The van der Waals surface area contributed by atoms with E-state index in [0.717, 1.165) is 54.6 Å². The third-order valence-electron chi connectivity index (χ3n) is 8.41. The summed E-state index contributed by atoms with van der Waals surface area (Å²) in [7, 11) is -6.06. The number of hydrogen-bond acceptors (Lipinski definition) is 5. The van der Waals surface area contributed by atoms with Crippen LogP contribution in [-0.4, -0.2) is 18.1 Å². The van der Waals surface area contributed by atoms with Crippen molar-refractivity contribution in [3.05, 3.63) is 182 Å². The van der Waals surface area contributed by atoms with Crippen LogP contribution in [0.5, 0.6) is 0 Å². The predicted molar refractivity (Wildman–Crippen MR) is 208 cm³/mol. The molecule has 0 aliphatic carbocycles. The maximum absolute atomic E-state index is 14.6. The minimum absolute atomic E-state index is 0.649. The SMILES string of the molecule is O=P(c1ccccc1)(c1ccccc1)c1ccc(N=CC2=CCC(C=Nc3ccc(P(=O)(c4ccccc4)c4ccccc4)cc3)=N2)cc1. The van der Waals surface area contributed by atoms with Crippen molar-refractivity contribution < 1.29 is 9.13 Å². The molecule has 6 aromatic carbocycles. The summed E-state index contributed by atoms with van der Waals surface area (Å²) in [4.78, 5) is 14.0. The van der Waals surface area contributed by atoms with Crippen LogP contribution in [-0.2, 0) is 9.13 Å². The average Bonchev–Trinajstić information content (AvgIpc) is 3.65. The molecule has 1 heterocycles. The van der Waals surface area contributed by atoms with E-state index in [1.807, 2.05) is 176 Å². The van der Waals surface area contributed by atoms with E-state index in [2.05, 4.69) is 15.0 Å². The van der Waals surface area contributed by atoms with Gasteiger partial charge in [0.1, 0.15) is 0 Å². The van der Waals surface area contributed by atoms with Crippen LogP contribution < -0.4 is 31.8 Å². The highest BCUT2D eigenvalue weighted by Crippen LogP contribution is 2.43. The van der Waals surface area contributed by atoms with Crippen LogP contribution in [0.15, 0.2) is 197 Å². The van der Waals surface area contributed by atoms with E-state index in [9.17, 15) is 9.13 Å². The van der Waals surface area contributed by atoms with E-state index in [1.165, 1.54) is 0 Å². The van der Waals surface area contributed by atoms with Gasteiger partial charge in [0.05, 0.1) is 29.0 Å². The predicted octanol–water partition coefficient (Wildman–Crippen LogP) is 7.80. The molecule has 1 aliphatic heterocycles. The minimum Gasteiger partial charge on any atom is -0.309 e. The molecule has 7 rings (SSSR count). The van der Waals surface area contributed by atoms with E-state index in [1.54, 1.807) is 12.4 Å². The van der Waals surface area contributed by atoms with Gasteiger partial charge in [-0.05, 0) is 48.5 Å². The molecule has 0 fully saturated rings. The second kappa shape index (κ2) is 14.3. The van der Waals surface area contributed by atoms with Crippen LogP contribution in [0.2, 0.25) is 0 Å². The fraction of sp³-hybridized carbons (Fsp3) is 0.0238. The fourth-order valence-corrected chi connectivity index (χ4v) is 11.2. The summed E-state index contributed by atoms with van der Waals surface area (Å²) in [6, 6.07) is 53.7. The van der Waals surface area contributed by atoms with Gasteiger partial charge in [-0.15, -0.1) is 0 Å². The summed E-state index contributed by atoms with van der Waals surface area (Å²) in [6.07, 6.45) is 6.16. The molecule has 0 unspecified atom stereocenters. The van der Waals surface area contributed by atoms with Gasteiger partial charge in [-0.2, -0.15) is 0 Å². The van der Waals surface area contributed by atoms with Crippen molar-refractivity contribution in [3.63, 3.8) is 0 Å². The van der Waals surface area contributed by atoms with Gasteiger partial charge in [0.25, 0.3) is 0 Å². The molecule has 0 radical (unpaired) electrons. The van der Waals surface area contributed by atoms with Crippen molar-refractivity contribution in [2.75, 3.05) is 0 Å². The van der Waals surface area contributed by atoms with Gasteiger partial charge in [-0.1, -0.05) is 127 Å². The number of aliphatic imine (C=N–C) groups is 3. The Labute approximate surface area is 286 Å². The minimum atomic E-state index is -3.03. The van der Waals surface area contributed by atoms with Crippen molar-refractivity contribution in [2.45, 2.75) is 6.42 Å². The van der Waals surface area contributed by atoms with Crippen molar-refractivity contribution in [1.29, 1.82) is 0 Å². The average molecular weight is 674 g/mol. The molecule has 0 amide bonds. The number of rotatable bonds is 10. The molecule has 0 N–H and O–H groups in total. The zero-order valence-electron chi connectivity index (χ0n) is 26.7. The first-order valence-corrected chi connectivity index (χ1v) is 19.4. The van der Waals surface area contributed by atoms with Crippen LogP contribution in [0.4, 0.5) is 11.4 Å². The Kier molecular flexibility index (Phi) is 9.39. The third kappa shape index (κ3) is 6.78. The molecule has 49 heavy (non-hydrogen) atoms. The van der Waals surface area contributed by atoms with E-state index in [0.29, 0.717) is 6.42 Å². The Morgan fingerprint density at radius 1 is 0.429 bits per heavy atom. The van der Waals surface area contributed by atoms with Gasteiger partial charge in [-0.3, -0.25) is 15.0 Å². The smallest absolute Gasteiger partial charge is 0.171 e. The third-order valence-corrected chi connectivity index (χ3v) is 14.6. The highest BCUT2D eigenvalue weighted by atomic mass is 31.2. The fourth-order valence-electron chi connectivity index (χ4n) is 5.86. The Morgan fingerprint density at radius 3 is 1.12 bits per heavy atom. The van der Waals surface area contributed by atoms with Gasteiger partial charge in [0.2, 0.25) is 0 Å². The number of benzene rings is 6. The molecule has 6 aromatic rings. The molecule has 0 saturated carbocycles. The van der Waals surface area contributed by atoms with Crippen LogP contribution in [0.1, 0.15) is 6.42 Å². The van der Waals surface area contributed by atoms with Gasteiger partial charge < -0.3 is 9.13 Å². The zero-order valence-corrected chi connectivity index (χ0v) is 28.4. The Morgan fingerprint density at radius 2 is 0.755 bits per heavy atom. The molecule has 0 spiro atoms. The van der Waals surface area contributed by atoms with Gasteiger partial charge >= 0.3 is 0 Å². The van der Waals surface area contributed by atoms with E-state index in [4.69, 9.17) is 0 Å². The molecule has 238 valence electrons. The molecule has 0 atom stereocenters. The molecular weight excluding hydrogens is 640 g/mol. The Bertz CT molecular complexity index is 2180. The molecule has 5 nitrogen and oxygen atoms in total. The summed E-state index contributed by atoms with van der Waals surface area (Å²) in [6.45, 7) is 0. The number of hydrogen-bond donors (Lipinski definition) is 0. The Hall–Kier alpha value is -5.47. The molecule has 1 aliphatic rings. The molecule has 7 heteroatoms. The quantitative estimate of drug-likeness (QED) is 0.110. The summed E-state index contributed by atoms with van der Waals surface area (Å²) in [5.41, 5.74) is 3.08. The second-order valence-electron chi connectivity index (χ2n) is 11.5. The van der Waals surface area contributed by atoms with Crippen molar-refractivity contribution in [3.8, 4) is 0 Å². The topological polar surface area (TPSA) is 71.2 Å². The standard InChI is InChI=1S/C42H33N3O2P2/c46-48(37-13-5-1-6-14-37,38-15-7-2-8-16-38)41-27-23-33(24-28-41)43-31-35-21-22-36(45-35)32-44-34-25-29-42(30-26-34)49(47,39-17-9-3-10-18-39)40-19-11-4-12-20-40/h1-21,23-32H,22H2. The number of nitrogens with zero attached hydrogens (tertiary/aromatic N) is 3. The van der Waals surface area contributed by atoms with Crippen LogP contribution >= 0.6 is 14.3 Å². The molecular formula is C42H33N3O2P2. The first-order chi connectivity index (χ1) is 24.0. The summed E-state index contributed by atoms with van der Waals surface area (Å²) in [5.74, 6) is 0. The first-order valence-electron chi connectivity index (χ1n) is 16.0. The lowest BCUT2D eigenvalue weighted by atomic mass is 10.3. The van der Waals surface area contributed by atoms with E-state index >= 15 is 0 Å². The summed E-state index contributed by atoms with van der Waals surface area (Å²) >= 11 is 0. The van der Waals surface area contributed by atoms with Gasteiger partial charge in [0.15, 0.2) is 14.3 Å². The van der Waals surface area contributed by atoms with Crippen molar-refractivity contribution in [1.82, 2.24) is 0 Å². The number of allylic oxidation sites excluding steroid dienone is 2. The summed E-state index contributed by atoms with van der Waals surface area (Å²) < 4.78 is 29.2. The lowest BCUT2D eigenvalue weighted by molar-refractivity contribution is 0.591. The monoisotopic (exact) mass is 673 g/mol. The Balaban J connectivity index is 1.04.